The molecule has 0 heterocycles. The maximum Gasteiger partial charge on any atom is 0.310 e. The predicted molar refractivity (Wildman–Crippen MR) is 70.9 cm³/mol. The summed E-state index contributed by atoms with van der Waals surface area (Å²) in [5, 5.41) is 11.4. The van der Waals surface area contributed by atoms with Crippen molar-refractivity contribution in [1.82, 2.24) is 5.32 Å². The number of aliphatic carboxylic acids is 1. The molecule has 1 aromatic carbocycles. The standard InChI is InChI=1S/C14H18FNO4/c1-14(2,13(18)19)9-16-12(17)7-8-20-11-5-3-10(15)4-6-11/h3-6H,7-9H2,1-2H3,(H,16,17)(H,18,19). The molecule has 110 valence electrons. The lowest BCUT2D eigenvalue weighted by molar-refractivity contribution is -0.146. The highest BCUT2D eigenvalue weighted by Gasteiger charge is 2.27. The summed E-state index contributed by atoms with van der Waals surface area (Å²) in [5.74, 6) is -1.14. The maximum absolute atomic E-state index is 12.6. The van der Waals surface area contributed by atoms with Gasteiger partial charge in [-0.25, -0.2) is 4.39 Å². The SMILES string of the molecule is CC(C)(CNC(=O)CCOc1ccc(F)cc1)C(=O)O. The van der Waals surface area contributed by atoms with E-state index in [4.69, 9.17) is 9.84 Å². The number of hydrogen-bond donors (Lipinski definition) is 2. The fraction of sp³-hybridized carbons (Fsp3) is 0.429. The fourth-order valence-electron chi connectivity index (χ4n) is 1.28. The van der Waals surface area contributed by atoms with Crippen LogP contribution >= 0.6 is 0 Å². The molecule has 5 nitrogen and oxygen atoms in total. The van der Waals surface area contributed by atoms with Gasteiger partial charge >= 0.3 is 5.97 Å². The number of carboxylic acids is 1. The molecule has 1 rings (SSSR count). The Morgan fingerprint density at radius 1 is 1.30 bits per heavy atom. The average Bonchev–Trinajstić information content (AvgIpc) is 2.39. The van der Waals surface area contributed by atoms with E-state index in [0.717, 1.165) is 0 Å². The van der Waals surface area contributed by atoms with Gasteiger partial charge in [0.05, 0.1) is 18.4 Å². The lowest BCUT2D eigenvalue weighted by Crippen LogP contribution is -2.39. The van der Waals surface area contributed by atoms with Crippen molar-refractivity contribution < 1.29 is 23.8 Å². The summed E-state index contributed by atoms with van der Waals surface area (Å²) in [5.41, 5.74) is -1.01. The largest absolute Gasteiger partial charge is 0.493 e. The lowest BCUT2D eigenvalue weighted by atomic mass is 9.94. The highest BCUT2D eigenvalue weighted by atomic mass is 19.1. The lowest BCUT2D eigenvalue weighted by Gasteiger charge is -2.19. The summed E-state index contributed by atoms with van der Waals surface area (Å²) in [6, 6.07) is 5.48. The van der Waals surface area contributed by atoms with E-state index in [1.165, 1.54) is 38.1 Å². The number of halogens is 1. The van der Waals surface area contributed by atoms with Gasteiger partial charge in [-0.1, -0.05) is 0 Å². The molecule has 0 spiro atoms. The molecule has 1 aromatic rings. The summed E-state index contributed by atoms with van der Waals surface area (Å²) >= 11 is 0. The van der Waals surface area contributed by atoms with Gasteiger partial charge in [0.25, 0.3) is 0 Å². The Hall–Kier alpha value is -2.11. The number of rotatable bonds is 7. The van der Waals surface area contributed by atoms with Gasteiger partial charge in [-0.15, -0.1) is 0 Å². The molecule has 0 unspecified atom stereocenters. The Labute approximate surface area is 116 Å². The third-order valence-corrected chi connectivity index (χ3v) is 2.72. The van der Waals surface area contributed by atoms with Crippen LogP contribution in [0, 0.1) is 11.2 Å². The summed E-state index contributed by atoms with van der Waals surface area (Å²) in [6.45, 7) is 3.26. The topological polar surface area (TPSA) is 75.6 Å². The van der Waals surface area contributed by atoms with Gasteiger partial charge < -0.3 is 15.2 Å². The molecule has 0 saturated heterocycles. The van der Waals surface area contributed by atoms with Crippen molar-refractivity contribution in [1.29, 1.82) is 0 Å². The molecule has 0 aliphatic carbocycles. The van der Waals surface area contributed by atoms with Gasteiger partial charge in [-0.2, -0.15) is 0 Å². The van der Waals surface area contributed by atoms with E-state index in [2.05, 4.69) is 5.32 Å². The minimum Gasteiger partial charge on any atom is -0.493 e. The van der Waals surface area contributed by atoms with E-state index in [0.29, 0.717) is 5.75 Å². The minimum atomic E-state index is -1.01. The Kier molecular flexibility index (Phi) is 5.49. The summed E-state index contributed by atoms with van der Waals surface area (Å²) in [7, 11) is 0. The second-order valence-corrected chi connectivity index (χ2v) is 5.02. The fourth-order valence-corrected chi connectivity index (χ4v) is 1.28. The third kappa shape index (κ3) is 5.26. The van der Waals surface area contributed by atoms with Crippen LogP contribution in [0.2, 0.25) is 0 Å². The Morgan fingerprint density at radius 2 is 1.90 bits per heavy atom. The molecule has 0 fully saturated rings. The molecule has 0 saturated carbocycles. The first kappa shape index (κ1) is 15.9. The summed E-state index contributed by atoms with van der Waals surface area (Å²) in [6.07, 6.45) is 0.104. The van der Waals surface area contributed by atoms with Crippen LogP contribution in [0.5, 0.6) is 5.75 Å². The molecule has 0 aromatic heterocycles. The normalized spacial score (nSPS) is 10.9. The number of amides is 1. The summed E-state index contributed by atoms with van der Waals surface area (Å²) in [4.78, 5) is 22.4. The number of carbonyl (C=O) groups excluding carboxylic acids is 1. The second-order valence-electron chi connectivity index (χ2n) is 5.02. The number of ether oxygens (including phenoxy) is 1. The highest BCUT2D eigenvalue weighted by Crippen LogP contribution is 2.13. The van der Waals surface area contributed by atoms with Gasteiger partial charge in [-0.05, 0) is 38.1 Å². The van der Waals surface area contributed by atoms with Crippen molar-refractivity contribution in [3.05, 3.63) is 30.1 Å². The molecular weight excluding hydrogens is 265 g/mol. The van der Waals surface area contributed by atoms with Gasteiger partial charge in [0.2, 0.25) is 5.91 Å². The Morgan fingerprint density at radius 3 is 2.45 bits per heavy atom. The van der Waals surface area contributed by atoms with E-state index < -0.39 is 11.4 Å². The molecule has 0 atom stereocenters. The first-order chi connectivity index (χ1) is 9.31. The van der Waals surface area contributed by atoms with E-state index in [1.54, 1.807) is 0 Å². The number of carbonyl (C=O) groups is 2. The molecule has 0 aliphatic rings. The molecule has 20 heavy (non-hydrogen) atoms. The van der Waals surface area contributed by atoms with Crippen LogP contribution in [0.15, 0.2) is 24.3 Å². The zero-order chi connectivity index (χ0) is 15.2. The second kappa shape index (κ2) is 6.88. The van der Waals surface area contributed by atoms with E-state index in [1.807, 2.05) is 0 Å². The Bertz CT molecular complexity index is 471. The van der Waals surface area contributed by atoms with Crippen molar-refractivity contribution in [3.8, 4) is 5.75 Å². The van der Waals surface area contributed by atoms with Crippen molar-refractivity contribution in [2.45, 2.75) is 20.3 Å². The maximum atomic E-state index is 12.6. The average molecular weight is 283 g/mol. The van der Waals surface area contributed by atoms with Crippen LogP contribution in [0.4, 0.5) is 4.39 Å². The third-order valence-electron chi connectivity index (χ3n) is 2.72. The van der Waals surface area contributed by atoms with Crippen LogP contribution in [0.1, 0.15) is 20.3 Å². The van der Waals surface area contributed by atoms with Gasteiger partial charge in [0, 0.05) is 6.54 Å². The first-order valence-electron chi connectivity index (χ1n) is 6.20. The van der Waals surface area contributed by atoms with Crippen molar-refractivity contribution in [2.24, 2.45) is 5.41 Å². The monoisotopic (exact) mass is 283 g/mol. The van der Waals surface area contributed by atoms with Crippen molar-refractivity contribution in [3.63, 3.8) is 0 Å². The molecule has 6 heteroatoms. The molecule has 0 radical (unpaired) electrons. The summed E-state index contributed by atoms with van der Waals surface area (Å²) < 4.78 is 17.9. The Balaban J connectivity index is 2.27. The van der Waals surface area contributed by atoms with E-state index in [9.17, 15) is 14.0 Å². The quantitative estimate of drug-likeness (QED) is 0.800. The molecule has 1 amide bonds. The van der Waals surface area contributed by atoms with Gasteiger partial charge in [-0.3, -0.25) is 9.59 Å². The van der Waals surface area contributed by atoms with Crippen LogP contribution in [0.3, 0.4) is 0 Å². The molecule has 0 aliphatic heterocycles. The van der Waals surface area contributed by atoms with Crippen LogP contribution in [0.25, 0.3) is 0 Å². The van der Waals surface area contributed by atoms with Crippen LogP contribution < -0.4 is 10.1 Å². The zero-order valence-corrected chi connectivity index (χ0v) is 11.5. The smallest absolute Gasteiger partial charge is 0.310 e. The van der Waals surface area contributed by atoms with Crippen LogP contribution in [-0.2, 0) is 9.59 Å². The predicted octanol–water partition coefficient (Wildman–Crippen LogP) is 1.82. The van der Waals surface area contributed by atoms with Gasteiger partial charge in [0.1, 0.15) is 11.6 Å². The number of benzene rings is 1. The highest BCUT2D eigenvalue weighted by molar-refractivity contribution is 5.78. The number of nitrogens with one attached hydrogen (secondary N) is 1. The zero-order valence-electron chi connectivity index (χ0n) is 11.5. The molecular formula is C14H18FNO4. The molecule has 2 N–H and O–H groups in total. The van der Waals surface area contributed by atoms with Crippen molar-refractivity contribution >= 4 is 11.9 Å². The van der Waals surface area contributed by atoms with Crippen LogP contribution in [-0.4, -0.2) is 30.1 Å². The van der Waals surface area contributed by atoms with Gasteiger partial charge in [0.15, 0.2) is 0 Å². The van der Waals surface area contributed by atoms with E-state index >= 15 is 0 Å². The first-order valence-corrected chi connectivity index (χ1v) is 6.20. The molecule has 0 bridgehead atoms. The number of hydrogen-bond acceptors (Lipinski definition) is 3. The number of carboxylic acid groups (broad SMARTS) is 1. The minimum absolute atomic E-state index is 0.0533. The van der Waals surface area contributed by atoms with E-state index in [-0.39, 0.29) is 31.3 Å². The van der Waals surface area contributed by atoms with Crippen molar-refractivity contribution in [2.75, 3.05) is 13.2 Å².